The maximum Gasteiger partial charge on any atom is 0.0164 e. The van der Waals surface area contributed by atoms with E-state index < -0.39 is 0 Å². The Morgan fingerprint density at radius 3 is 1.13 bits per heavy atom. The number of benzene rings is 4. The minimum atomic E-state index is -0.0828. The molecule has 2 aliphatic carbocycles. The molecule has 0 saturated carbocycles. The fraction of sp³-hybridized carbons (Fsp3) is 0.378. The normalized spacial score (nSPS) is 17.2. The van der Waals surface area contributed by atoms with E-state index in [1.165, 1.54) is 57.4 Å². The van der Waals surface area contributed by atoms with Crippen molar-refractivity contribution in [3.8, 4) is 0 Å². The van der Waals surface area contributed by atoms with Crippen molar-refractivity contribution in [3.05, 3.63) is 141 Å². The second-order valence-electron chi connectivity index (χ2n) is 14.0. The van der Waals surface area contributed by atoms with E-state index in [-0.39, 0.29) is 5.41 Å². The van der Waals surface area contributed by atoms with Crippen LogP contribution in [0.1, 0.15) is 135 Å². The first-order valence-corrected chi connectivity index (χ1v) is 17.8. The zero-order valence-electron chi connectivity index (χ0n) is 28.5. The van der Waals surface area contributed by atoms with Gasteiger partial charge in [-0.2, -0.15) is 0 Å². The second kappa shape index (κ2) is 13.4. The smallest absolute Gasteiger partial charge is 0.0164 e. The highest BCUT2D eigenvalue weighted by atomic mass is 14.5. The van der Waals surface area contributed by atoms with Gasteiger partial charge in [-0.05, 0) is 110 Å². The molecule has 4 aromatic carbocycles. The van der Waals surface area contributed by atoms with Gasteiger partial charge >= 0.3 is 0 Å². The molecule has 0 heteroatoms. The molecule has 0 fully saturated rings. The van der Waals surface area contributed by atoms with Gasteiger partial charge in [0.05, 0.1) is 0 Å². The summed E-state index contributed by atoms with van der Waals surface area (Å²) in [4.78, 5) is 0. The molecular formula is C45H52. The summed E-state index contributed by atoms with van der Waals surface area (Å²) in [7, 11) is 0. The van der Waals surface area contributed by atoms with Crippen LogP contribution in [0.3, 0.4) is 0 Å². The van der Waals surface area contributed by atoms with Crippen molar-refractivity contribution < 1.29 is 0 Å². The summed E-state index contributed by atoms with van der Waals surface area (Å²) in [6.45, 7) is 14.5. The Balaban J connectivity index is 1.64. The zero-order valence-corrected chi connectivity index (χ0v) is 28.5. The number of fused-ring (bicyclic) bond motifs is 2. The second-order valence-corrected chi connectivity index (χ2v) is 14.0. The number of aryl methyl sites for hydroxylation is 4. The Morgan fingerprint density at radius 1 is 0.444 bits per heavy atom. The summed E-state index contributed by atoms with van der Waals surface area (Å²) in [6, 6.07) is 32.4. The van der Waals surface area contributed by atoms with Crippen molar-refractivity contribution in [2.24, 2.45) is 5.41 Å². The standard InChI is InChI=1S/C45H52/c1-7-17-31-25-27-35(19-9-3)41-37(31)29-39(33-21-13-11-14-22-33)43(41)45(5,6)44-40(34-23-15-12-16-24-34)30-38-32(18-8-2)26-28-36(20-10-4)42(38)44/h11-16,21-30,43-44H,7-10,17-20H2,1-6H3. The molecule has 4 aromatic rings. The Morgan fingerprint density at radius 2 is 0.778 bits per heavy atom. The van der Waals surface area contributed by atoms with Gasteiger partial charge in [0.1, 0.15) is 0 Å². The Bertz CT molecular complexity index is 1570. The van der Waals surface area contributed by atoms with Crippen LogP contribution in [0.5, 0.6) is 0 Å². The van der Waals surface area contributed by atoms with Crippen LogP contribution in [-0.4, -0.2) is 0 Å². The highest BCUT2D eigenvalue weighted by Gasteiger charge is 2.49. The van der Waals surface area contributed by atoms with Crippen LogP contribution < -0.4 is 0 Å². The topological polar surface area (TPSA) is 0 Å². The van der Waals surface area contributed by atoms with Crippen molar-refractivity contribution in [2.75, 3.05) is 0 Å². The predicted octanol–water partition coefficient (Wildman–Crippen LogP) is 12.5. The van der Waals surface area contributed by atoms with Crippen LogP contribution in [0.25, 0.3) is 23.3 Å². The highest BCUT2D eigenvalue weighted by molar-refractivity contribution is 5.97. The molecule has 0 heterocycles. The number of rotatable bonds is 12. The lowest BCUT2D eigenvalue weighted by atomic mass is 9.59. The van der Waals surface area contributed by atoms with Gasteiger partial charge in [0, 0.05) is 11.8 Å². The summed E-state index contributed by atoms with van der Waals surface area (Å²) < 4.78 is 0. The van der Waals surface area contributed by atoms with Crippen molar-refractivity contribution >= 4 is 23.3 Å². The predicted molar refractivity (Wildman–Crippen MR) is 197 cm³/mol. The molecule has 0 aliphatic heterocycles. The Hall–Kier alpha value is -3.64. The van der Waals surface area contributed by atoms with Gasteiger partial charge in [0.2, 0.25) is 0 Å². The lowest BCUT2D eigenvalue weighted by Gasteiger charge is -2.43. The lowest BCUT2D eigenvalue weighted by molar-refractivity contribution is 0.302. The summed E-state index contributed by atoms with van der Waals surface area (Å²) >= 11 is 0. The summed E-state index contributed by atoms with van der Waals surface area (Å²) in [5.74, 6) is 0.584. The molecule has 0 bridgehead atoms. The molecule has 6 rings (SSSR count). The molecule has 0 saturated heterocycles. The van der Waals surface area contributed by atoms with E-state index in [0.717, 1.165) is 38.5 Å². The molecule has 2 atom stereocenters. The first-order valence-electron chi connectivity index (χ1n) is 17.8. The Kier molecular flexibility index (Phi) is 9.32. The monoisotopic (exact) mass is 592 g/mol. The van der Waals surface area contributed by atoms with E-state index in [1.807, 2.05) is 0 Å². The molecule has 232 valence electrons. The SMILES string of the molecule is CCCc1ccc(CCC)c2c1C=C(c1ccccc1)C2C(C)(C)C1C(c2ccccc2)=Cc2c(CCC)ccc(CCC)c21. The lowest BCUT2D eigenvalue weighted by Crippen LogP contribution is -2.31. The van der Waals surface area contributed by atoms with E-state index in [0.29, 0.717) is 11.8 Å². The van der Waals surface area contributed by atoms with Crippen molar-refractivity contribution in [1.82, 2.24) is 0 Å². The van der Waals surface area contributed by atoms with E-state index in [4.69, 9.17) is 0 Å². The third-order valence-corrected chi connectivity index (χ3v) is 10.5. The average Bonchev–Trinajstić information content (AvgIpc) is 3.67. The molecule has 2 unspecified atom stereocenters. The maximum atomic E-state index is 2.60. The largest absolute Gasteiger partial charge is 0.0651 e. The fourth-order valence-corrected chi connectivity index (χ4v) is 8.69. The van der Waals surface area contributed by atoms with E-state index >= 15 is 0 Å². The molecule has 0 nitrogen and oxygen atoms in total. The van der Waals surface area contributed by atoms with Gasteiger partial charge in [-0.3, -0.25) is 0 Å². The van der Waals surface area contributed by atoms with Gasteiger partial charge in [0.25, 0.3) is 0 Å². The molecule has 0 radical (unpaired) electrons. The van der Waals surface area contributed by atoms with Gasteiger partial charge < -0.3 is 0 Å². The maximum absolute atomic E-state index is 2.60. The minimum Gasteiger partial charge on any atom is -0.0651 e. The summed E-state index contributed by atoms with van der Waals surface area (Å²) in [6.07, 6.45) is 14.4. The quantitative estimate of drug-likeness (QED) is 0.153. The van der Waals surface area contributed by atoms with E-state index in [9.17, 15) is 0 Å². The highest BCUT2D eigenvalue weighted by Crippen LogP contribution is 2.63. The molecule has 0 N–H and O–H groups in total. The molecule has 45 heavy (non-hydrogen) atoms. The van der Waals surface area contributed by atoms with Crippen molar-refractivity contribution in [2.45, 2.75) is 105 Å². The third kappa shape index (κ3) is 5.67. The molecule has 2 aliphatic rings. The van der Waals surface area contributed by atoms with Gasteiger partial charge in [-0.25, -0.2) is 0 Å². The summed E-state index contributed by atoms with van der Waals surface area (Å²) in [5, 5.41) is 0. The first kappa shape index (κ1) is 31.3. The molecule has 0 spiro atoms. The van der Waals surface area contributed by atoms with Crippen LogP contribution in [0.4, 0.5) is 0 Å². The number of allylic oxidation sites excluding steroid dienone is 2. The van der Waals surface area contributed by atoms with Crippen LogP contribution in [0.15, 0.2) is 84.9 Å². The van der Waals surface area contributed by atoms with Crippen molar-refractivity contribution in [1.29, 1.82) is 0 Å². The van der Waals surface area contributed by atoms with Crippen LogP contribution in [-0.2, 0) is 25.7 Å². The van der Waals surface area contributed by atoms with Crippen molar-refractivity contribution in [3.63, 3.8) is 0 Å². The molecular weight excluding hydrogens is 540 g/mol. The van der Waals surface area contributed by atoms with Gasteiger partial charge in [0.15, 0.2) is 0 Å². The minimum absolute atomic E-state index is 0.0828. The summed E-state index contributed by atoms with van der Waals surface area (Å²) in [5.41, 5.74) is 18.0. The fourth-order valence-electron chi connectivity index (χ4n) is 8.69. The Labute approximate surface area is 273 Å². The number of hydrogen-bond acceptors (Lipinski definition) is 0. The third-order valence-electron chi connectivity index (χ3n) is 10.5. The molecule has 0 aromatic heterocycles. The van der Waals surface area contributed by atoms with Crippen LogP contribution >= 0.6 is 0 Å². The number of hydrogen-bond donors (Lipinski definition) is 0. The van der Waals surface area contributed by atoms with Gasteiger partial charge in [-0.15, -0.1) is 0 Å². The van der Waals surface area contributed by atoms with Crippen LogP contribution in [0, 0.1) is 5.41 Å². The zero-order chi connectivity index (χ0) is 31.6. The van der Waals surface area contributed by atoms with Gasteiger partial charge in [-0.1, -0.05) is 152 Å². The first-order chi connectivity index (χ1) is 21.9. The van der Waals surface area contributed by atoms with E-state index in [1.54, 1.807) is 22.3 Å². The van der Waals surface area contributed by atoms with Crippen LogP contribution in [0.2, 0.25) is 0 Å². The molecule has 0 amide bonds. The van der Waals surface area contributed by atoms with E-state index in [2.05, 4.69) is 139 Å². The average molecular weight is 593 g/mol.